The number of allylic oxidation sites excluding steroid dienone is 1. The van der Waals surface area contributed by atoms with Gasteiger partial charge in [0.2, 0.25) is 0 Å². The van der Waals surface area contributed by atoms with Crippen LogP contribution in [0.2, 0.25) is 0 Å². The van der Waals surface area contributed by atoms with Crippen LogP contribution in [0.4, 0.5) is 5.82 Å². The van der Waals surface area contributed by atoms with Gasteiger partial charge in [0.15, 0.2) is 17.3 Å². The van der Waals surface area contributed by atoms with Gasteiger partial charge in [-0.1, -0.05) is 13.8 Å². The molecular weight excluding hydrogens is 378 g/mol. The minimum absolute atomic E-state index is 0.235. The van der Waals surface area contributed by atoms with E-state index in [1.807, 2.05) is 32.9 Å². The normalized spacial score (nSPS) is 13.0. The molecule has 1 aromatic heterocycles. The first kappa shape index (κ1) is 21.5. The number of ether oxygens (including phenoxy) is 2. The van der Waals surface area contributed by atoms with Gasteiger partial charge in [-0.3, -0.25) is 14.9 Å². The smallest absolute Gasteiger partial charge is 0.266 e. The second-order valence-corrected chi connectivity index (χ2v) is 6.33. The molecule has 0 unspecified atom stereocenters. The zero-order valence-electron chi connectivity index (χ0n) is 16.4. The standard InChI is InChI=1S/C17H19N5O3S.C2H6/c1-9-5-13-14(25-4-3-24-13)6-11(9)12-7-21-15(8-20-12)22-17(23)16(26-19)10(2)18;1-2/h5-8H,3-4,18-19H2,1-2H3,(H,21,22,23);1-2H3/b16-10-;. The molecule has 1 aliphatic heterocycles. The van der Waals surface area contributed by atoms with Crippen LogP contribution in [-0.4, -0.2) is 29.1 Å². The highest BCUT2D eigenvalue weighted by Gasteiger charge is 2.16. The van der Waals surface area contributed by atoms with Gasteiger partial charge in [-0.15, -0.1) is 0 Å². The third-order valence-corrected chi connectivity index (χ3v) is 4.48. The summed E-state index contributed by atoms with van der Waals surface area (Å²) >= 11 is 0.789. The Morgan fingerprint density at radius 2 is 1.79 bits per heavy atom. The van der Waals surface area contributed by atoms with Crippen LogP contribution in [0.1, 0.15) is 26.3 Å². The van der Waals surface area contributed by atoms with Gasteiger partial charge in [0.1, 0.15) is 18.1 Å². The number of hydrogen-bond donors (Lipinski definition) is 3. The van der Waals surface area contributed by atoms with Crippen molar-refractivity contribution >= 4 is 23.7 Å². The molecule has 2 heterocycles. The zero-order chi connectivity index (χ0) is 20.7. The lowest BCUT2D eigenvalue weighted by Gasteiger charge is -2.20. The van der Waals surface area contributed by atoms with Crippen LogP contribution in [0, 0.1) is 6.92 Å². The molecule has 0 radical (unpaired) electrons. The number of nitrogens with zero attached hydrogens (tertiary/aromatic N) is 2. The van der Waals surface area contributed by atoms with Gasteiger partial charge in [-0.25, -0.2) is 4.98 Å². The van der Waals surface area contributed by atoms with E-state index in [2.05, 4.69) is 15.3 Å². The predicted octanol–water partition coefficient (Wildman–Crippen LogP) is 2.99. The van der Waals surface area contributed by atoms with Gasteiger partial charge < -0.3 is 20.5 Å². The Kier molecular flexibility index (Phi) is 7.65. The number of carbonyl (C=O) groups excluding carboxylic acids is 1. The van der Waals surface area contributed by atoms with Crippen molar-refractivity contribution in [1.29, 1.82) is 0 Å². The minimum atomic E-state index is -0.421. The summed E-state index contributed by atoms with van der Waals surface area (Å²) in [6, 6.07) is 3.80. The maximum absolute atomic E-state index is 12.1. The van der Waals surface area contributed by atoms with Crippen molar-refractivity contribution in [2.75, 3.05) is 18.5 Å². The highest BCUT2D eigenvalue weighted by Crippen LogP contribution is 2.36. The van der Waals surface area contributed by atoms with Crippen LogP contribution < -0.4 is 25.7 Å². The zero-order valence-corrected chi connectivity index (χ0v) is 17.2. The largest absolute Gasteiger partial charge is 0.486 e. The van der Waals surface area contributed by atoms with E-state index in [0.29, 0.717) is 36.2 Å². The topological polar surface area (TPSA) is 125 Å². The van der Waals surface area contributed by atoms with E-state index in [9.17, 15) is 4.79 Å². The maximum atomic E-state index is 12.1. The number of carbonyl (C=O) groups is 1. The first-order valence-electron chi connectivity index (χ1n) is 8.86. The van der Waals surface area contributed by atoms with E-state index in [1.165, 1.54) is 6.20 Å². The molecule has 8 nitrogen and oxygen atoms in total. The molecule has 1 aliphatic rings. The van der Waals surface area contributed by atoms with Gasteiger partial charge >= 0.3 is 0 Å². The first-order chi connectivity index (χ1) is 13.5. The average molecular weight is 404 g/mol. The van der Waals surface area contributed by atoms with Gasteiger partial charge in [-0.2, -0.15) is 0 Å². The monoisotopic (exact) mass is 403 g/mol. The molecular formula is C19H25N5O3S. The molecule has 28 heavy (non-hydrogen) atoms. The van der Waals surface area contributed by atoms with Crippen LogP contribution in [0.25, 0.3) is 11.3 Å². The van der Waals surface area contributed by atoms with Crippen molar-refractivity contribution in [3.05, 3.63) is 40.7 Å². The highest BCUT2D eigenvalue weighted by molar-refractivity contribution is 8.01. The summed E-state index contributed by atoms with van der Waals surface area (Å²) in [5, 5.41) is 8.08. The molecule has 0 saturated carbocycles. The van der Waals surface area contributed by atoms with Gasteiger partial charge in [0.25, 0.3) is 5.91 Å². The molecule has 5 N–H and O–H groups in total. The van der Waals surface area contributed by atoms with Gasteiger partial charge in [0, 0.05) is 11.3 Å². The lowest BCUT2D eigenvalue weighted by Crippen LogP contribution is -2.18. The number of nitrogens with one attached hydrogen (secondary N) is 1. The molecule has 0 spiro atoms. The third-order valence-electron chi connectivity index (χ3n) is 3.74. The summed E-state index contributed by atoms with van der Waals surface area (Å²) in [7, 11) is 0. The number of fused-ring (bicyclic) bond motifs is 1. The number of rotatable bonds is 4. The fourth-order valence-corrected chi connectivity index (χ4v) is 2.84. The first-order valence-corrected chi connectivity index (χ1v) is 9.74. The molecule has 0 fully saturated rings. The lowest BCUT2D eigenvalue weighted by molar-refractivity contribution is -0.112. The SMILES string of the molecule is C/C(N)=C(/SN)C(=O)Nc1cnc(-c2cc3c(cc2C)OCCO3)cn1.CC. The Morgan fingerprint density at radius 1 is 1.14 bits per heavy atom. The summed E-state index contributed by atoms with van der Waals surface area (Å²) in [6.45, 7) is 8.63. The van der Waals surface area contributed by atoms with E-state index >= 15 is 0 Å². The molecule has 1 amide bonds. The minimum Gasteiger partial charge on any atom is -0.486 e. The predicted molar refractivity (Wildman–Crippen MR) is 112 cm³/mol. The van der Waals surface area contributed by atoms with Crippen molar-refractivity contribution in [3.8, 4) is 22.8 Å². The molecule has 0 atom stereocenters. The van der Waals surface area contributed by atoms with E-state index in [4.69, 9.17) is 20.3 Å². The number of aromatic nitrogens is 2. The molecule has 150 valence electrons. The van der Waals surface area contributed by atoms with E-state index in [0.717, 1.165) is 28.8 Å². The number of anilines is 1. The second kappa shape index (κ2) is 9.95. The van der Waals surface area contributed by atoms with Crippen LogP contribution in [0.5, 0.6) is 11.5 Å². The van der Waals surface area contributed by atoms with Crippen molar-refractivity contribution in [3.63, 3.8) is 0 Å². The fraction of sp³-hybridized carbons (Fsp3) is 0.316. The average Bonchev–Trinajstić information content (AvgIpc) is 2.70. The van der Waals surface area contributed by atoms with Crippen LogP contribution in [0.15, 0.2) is 35.1 Å². The number of hydrogen-bond acceptors (Lipinski definition) is 8. The van der Waals surface area contributed by atoms with E-state index in [1.54, 1.807) is 13.1 Å². The molecule has 2 aromatic rings. The Labute approximate surface area is 168 Å². The number of aryl methyl sites for hydroxylation is 1. The molecule has 0 saturated heterocycles. The van der Waals surface area contributed by atoms with Crippen LogP contribution in [0.3, 0.4) is 0 Å². The lowest BCUT2D eigenvalue weighted by atomic mass is 10.0. The second-order valence-electron chi connectivity index (χ2n) is 5.68. The Bertz CT molecular complexity index is 865. The molecule has 1 aromatic carbocycles. The maximum Gasteiger partial charge on any atom is 0.266 e. The Balaban J connectivity index is 0.00000136. The van der Waals surface area contributed by atoms with Crippen molar-refractivity contribution in [2.45, 2.75) is 27.7 Å². The van der Waals surface area contributed by atoms with E-state index in [-0.39, 0.29) is 4.91 Å². The van der Waals surface area contributed by atoms with Crippen molar-refractivity contribution in [1.82, 2.24) is 9.97 Å². The van der Waals surface area contributed by atoms with Crippen LogP contribution >= 0.6 is 11.9 Å². The van der Waals surface area contributed by atoms with Gasteiger partial charge in [0.05, 0.1) is 18.1 Å². The van der Waals surface area contributed by atoms with E-state index < -0.39 is 5.91 Å². The Hall–Kier alpha value is -2.78. The molecule has 9 heteroatoms. The fourth-order valence-electron chi connectivity index (χ4n) is 2.50. The van der Waals surface area contributed by atoms with Crippen molar-refractivity contribution in [2.24, 2.45) is 10.9 Å². The number of nitrogens with two attached hydrogens (primary N) is 2. The number of benzene rings is 1. The highest BCUT2D eigenvalue weighted by atomic mass is 32.2. The summed E-state index contributed by atoms with van der Waals surface area (Å²) in [5.41, 5.74) is 8.51. The Morgan fingerprint density at radius 3 is 2.32 bits per heavy atom. The number of amides is 1. The van der Waals surface area contributed by atoms with Crippen LogP contribution in [-0.2, 0) is 4.79 Å². The molecule has 3 rings (SSSR count). The summed E-state index contributed by atoms with van der Waals surface area (Å²) in [6.07, 6.45) is 3.07. The van der Waals surface area contributed by atoms with Gasteiger partial charge in [-0.05, 0) is 43.5 Å². The summed E-state index contributed by atoms with van der Waals surface area (Å²) in [4.78, 5) is 21.0. The quantitative estimate of drug-likeness (QED) is 0.525. The van der Waals surface area contributed by atoms with Crippen molar-refractivity contribution < 1.29 is 14.3 Å². The summed E-state index contributed by atoms with van der Waals surface area (Å²) in [5.74, 6) is 1.30. The molecule has 0 aliphatic carbocycles. The third kappa shape index (κ3) is 4.93. The molecule has 0 bridgehead atoms. The summed E-state index contributed by atoms with van der Waals surface area (Å²) < 4.78 is 11.2.